The minimum atomic E-state index is -0.862. The van der Waals surface area contributed by atoms with Gasteiger partial charge >= 0.3 is 17.7 Å². The Balaban J connectivity index is 1.72. The third-order valence-electron chi connectivity index (χ3n) is 5.05. The molecular weight excluding hydrogens is 402 g/mol. The fourth-order valence-corrected chi connectivity index (χ4v) is 3.45. The minimum absolute atomic E-state index is 0.230. The third kappa shape index (κ3) is 7.08. The zero-order valence-electron chi connectivity index (χ0n) is 18.3. The van der Waals surface area contributed by atoms with Crippen molar-refractivity contribution in [3.63, 3.8) is 0 Å². The van der Waals surface area contributed by atoms with Crippen LogP contribution in [-0.2, 0) is 25.6 Å². The molecule has 0 N–H and O–H groups in total. The Morgan fingerprint density at radius 1 is 0.903 bits per heavy atom. The predicted octanol–water partition coefficient (Wildman–Crippen LogP) is 3.43. The minimum Gasteiger partial charge on any atom is -0.465 e. The van der Waals surface area contributed by atoms with Crippen molar-refractivity contribution in [2.24, 2.45) is 5.92 Å². The molecule has 2 aromatic rings. The Morgan fingerprint density at radius 2 is 1.48 bits per heavy atom. The molecule has 1 heterocycles. The summed E-state index contributed by atoms with van der Waals surface area (Å²) in [5, 5.41) is 0.403. The number of unbranched alkanes of at least 4 members (excludes halogenated alkanes) is 5. The zero-order valence-corrected chi connectivity index (χ0v) is 18.3. The summed E-state index contributed by atoms with van der Waals surface area (Å²) in [6, 6.07) is 6.72. The van der Waals surface area contributed by atoms with Gasteiger partial charge in [0, 0.05) is 6.54 Å². The molecule has 8 nitrogen and oxygen atoms in total. The monoisotopic (exact) mass is 433 g/mol. The highest BCUT2D eigenvalue weighted by molar-refractivity contribution is 5.94. The van der Waals surface area contributed by atoms with E-state index in [0.29, 0.717) is 30.4 Å². The molecule has 0 unspecified atom stereocenters. The lowest BCUT2D eigenvalue weighted by atomic mass is 10.00. The number of esters is 2. The van der Waals surface area contributed by atoms with E-state index >= 15 is 0 Å². The largest absolute Gasteiger partial charge is 0.465 e. The van der Waals surface area contributed by atoms with Crippen LogP contribution in [-0.4, -0.2) is 29.7 Å². The van der Waals surface area contributed by atoms with Crippen LogP contribution in [0.4, 0.5) is 0 Å². The number of para-hydroxylation sites is 1. The fourth-order valence-electron chi connectivity index (χ4n) is 3.45. The van der Waals surface area contributed by atoms with Gasteiger partial charge in [-0.15, -0.1) is 0 Å². The van der Waals surface area contributed by atoms with Crippen LogP contribution in [0.25, 0.3) is 11.0 Å². The molecule has 1 aromatic heterocycles. The molecule has 8 heteroatoms. The Hall–Kier alpha value is -2.90. The predicted molar refractivity (Wildman–Crippen MR) is 116 cm³/mol. The van der Waals surface area contributed by atoms with E-state index in [1.54, 1.807) is 38.1 Å². The van der Waals surface area contributed by atoms with Gasteiger partial charge in [-0.05, 0) is 38.8 Å². The summed E-state index contributed by atoms with van der Waals surface area (Å²) in [5.41, 5.74) is -0.0199. The van der Waals surface area contributed by atoms with Gasteiger partial charge in [0.25, 0.3) is 5.56 Å². The second kappa shape index (κ2) is 12.7. The maximum absolute atomic E-state index is 12.4. The molecule has 0 aliphatic heterocycles. The lowest BCUT2D eigenvalue weighted by molar-refractivity contribution is -0.161. The smallest absolute Gasteiger partial charge is 0.422 e. The van der Waals surface area contributed by atoms with Crippen molar-refractivity contribution in [3.05, 3.63) is 45.2 Å². The summed E-state index contributed by atoms with van der Waals surface area (Å²) in [6.07, 6.45) is 5.40. The molecule has 0 radical (unpaired) electrons. The van der Waals surface area contributed by atoms with E-state index < -0.39 is 23.6 Å². The topological polar surface area (TPSA) is 105 Å². The first-order valence-corrected chi connectivity index (χ1v) is 11.0. The van der Waals surface area contributed by atoms with Crippen molar-refractivity contribution in [3.8, 4) is 0 Å². The number of rotatable bonds is 13. The van der Waals surface area contributed by atoms with Crippen LogP contribution < -0.4 is 11.3 Å². The van der Waals surface area contributed by atoms with Crippen LogP contribution in [0.1, 0.15) is 58.8 Å². The van der Waals surface area contributed by atoms with Gasteiger partial charge in [-0.25, -0.2) is 9.36 Å². The molecule has 1 aromatic carbocycles. The van der Waals surface area contributed by atoms with Crippen molar-refractivity contribution in [1.29, 1.82) is 0 Å². The second-order valence-electron chi connectivity index (χ2n) is 7.29. The third-order valence-corrected chi connectivity index (χ3v) is 5.05. The van der Waals surface area contributed by atoms with E-state index in [0.717, 1.165) is 36.7 Å². The van der Waals surface area contributed by atoms with Crippen molar-refractivity contribution in [2.75, 3.05) is 13.2 Å². The van der Waals surface area contributed by atoms with Crippen molar-refractivity contribution < 1.29 is 23.5 Å². The van der Waals surface area contributed by atoms with Gasteiger partial charge < -0.3 is 13.9 Å². The summed E-state index contributed by atoms with van der Waals surface area (Å²) in [7, 11) is 0. The van der Waals surface area contributed by atoms with E-state index in [9.17, 15) is 19.2 Å². The summed E-state index contributed by atoms with van der Waals surface area (Å²) in [4.78, 5) is 48.4. The first-order chi connectivity index (χ1) is 15.0. The van der Waals surface area contributed by atoms with Crippen LogP contribution >= 0.6 is 0 Å². The van der Waals surface area contributed by atoms with Gasteiger partial charge in [-0.1, -0.05) is 44.2 Å². The molecule has 0 aliphatic carbocycles. The number of fused-ring (bicyclic) bond motifs is 1. The molecule has 170 valence electrons. The van der Waals surface area contributed by atoms with Crippen LogP contribution in [0.2, 0.25) is 0 Å². The standard InChI is InChI=1S/C23H31NO7/c1-3-29-21(26)18(22(27)30-4-2)14-9-7-5-6-8-12-16-24-20(25)17-13-10-11-15-19(17)31-23(24)28/h10-11,13,15,18H,3-9,12,14,16H2,1-2H3. The maximum atomic E-state index is 12.4. The van der Waals surface area contributed by atoms with E-state index in [1.807, 2.05) is 0 Å². The van der Waals surface area contributed by atoms with Gasteiger partial charge in [0.05, 0.1) is 18.6 Å². The van der Waals surface area contributed by atoms with Crippen LogP contribution in [0, 0.1) is 5.92 Å². The molecule has 0 saturated heterocycles. The number of nitrogens with zero attached hydrogens (tertiary/aromatic N) is 1. The molecular formula is C23H31NO7. The van der Waals surface area contributed by atoms with E-state index in [2.05, 4.69) is 0 Å². The summed E-state index contributed by atoms with van der Waals surface area (Å²) < 4.78 is 16.3. The molecule has 0 atom stereocenters. The van der Waals surface area contributed by atoms with Gasteiger partial charge in [0.2, 0.25) is 0 Å². The lowest BCUT2D eigenvalue weighted by Gasteiger charge is -2.14. The van der Waals surface area contributed by atoms with Gasteiger partial charge in [0.1, 0.15) is 5.58 Å². The van der Waals surface area contributed by atoms with Crippen LogP contribution in [0.5, 0.6) is 0 Å². The Kier molecular flexibility index (Phi) is 10.00. The molecule has 0 bridgehead atoms. The average Bonchev–Trinajstić information content (AvgIpc) is 2.74. The first-order valence-electron chi connectivity index (χ1n) is 11.0. The number of hydrogen-bond acceptors (Lipinski definition) is 7. The Bertz CT molecular complexity index is 958. The van der Waals surface area contributed by atoms with Gasteiger partial charge in [0.15, 0.2) is 5.92 Å². The highest BCUT2D eigenvalue weighted by atomic mass is 16.6. The van der Waals surface area contributed by atoms with Gasteiger partial charge in [-0.3, -0.25) is 14.4 Å². The highest BCUT2D eigenvalue weighted by Crippen LogP contribution is 2.16. The number of carbonyl (C=O) groups excluding carboxylic acids is 2. The Morgan fingerprint density at radius 3 is 2.13 bits per heavy atom. The van der Waals surface area contributed by atoms with Crippen molar-refractivity contribution >= 4 is 22.9 Å². The lowest BCUT2D eigenvalue weighted by Crippen LogP contribution is -2.32. The molecule has 2 rings (SSSR count). The van der Waals surface area contributed by atoms with Crippen LogP contribution in [0.3, 0.4) is 0 Å². The first kappa shape index (κ1) is 24.4. The van der Waals surface area contributed by atoms with E-state index in [1.165, 1.54) is 0 Å². The number of aromatic nitrogens is 1. The summed E-state index contributed by atoms with van der Waals surface area (Å²) >= 11 is 0. The quantitative estimate of drug-likeness (QED) is 0.271. The van der Waals surface area contributed by atoms with Crippen molar-refractivity contribution in [2.45, 2.75) is 65.3 Å². The summed E-state index contributed by atoms with van der Waals surface area (Å²) in [5.74, 6) is -2.55. The van der Waals surface area contributed by atoms with E-state index in [4.69, 9.17) is 13.9 Å². The number of hydrogen-bond donors (Lipinski definition) is 0. The van der Waals surface area contributed by atoms with E-state index in [-0.39, 0.29) is 18.8 Å². The fraction of sp³-hybridized carbons (Fsp3) is 0.565. The Labute approximate surface area is 181 Å². The van der Waals surface area contributed by atoms with Gasteiger partial charge in [-0.2, -0.15) is 0 Å². The normalized spacial score (nSPS) is 11.1. The molecule has 31 heavy (non-hydrogen) atoms. The highest BCUT2D eigenvalue weighted by Gasteiger charge is 2.28. The van der Waals surface area contributed by atoms with Crippen LogP contribution in [0.15, 0.2) is 38.3 Å². The molecule has 0 aliphatic rings. The number of benzene rings is 1. The molecule has 0 fully saturated rings. The zero-order chi connectivity index (χ0) is 22.6. The van der Waals surface area contributed by atoms with Crippen molar-refractivity contribution in [1.82, 2.24) is 4.57 Å². The number of carbonyl (C=O) groups is 2. The maximum Gasteiger partial charge on any atom is 0.422 e. The molecule has 0 saturated carbocycles. The molecule has 0 amide bonds. The second-order valence-corrected chi connectivity index (χ2v) is 7.29. The molecule has 0 spiro atoms. The average molecular weight is 434 g/mol. The SMILES string of the molecule is CCOC(=O)C(CCCCCCCCn1c(=O)oc2ccccc2c1=O)C(=O)OCC. The number of ether oxygens (including phenoxy) is 2. The summed E-state index contributed by atoms with van der Waals surface area (Å²) in [6.45, 7) is 4.19.